The Morgan fingerprint density at radius 3 is 2.52 bits per heavy atom. The molecule has 0 amide bonds. The molecule has 2 aromatic heterocycles. The van der Waals surface area contributed by atoms with Crippen LogP contribution in [0.1, 0.15) is 6.42 Å². The molecule has 0 unspecified atom stereocenters. The van der Waals surface area contributed by atoms with Crippen molar-refractivity contribution < 1.29 is 0 Å². The van der Waals surface area contributed by atoms with E-state index >= 15 is 0 Å². The molecule has 1 aliphatic rings. The summed E-state index contributed by atoms with van der Waals surface area (Å²) in [4.78, 5) is 31.5. The Morgan fingerprint density at radius 2 is 1.87 bits per heavy atom. The zero-order valence-corrected chi connectivity index (χ0v) is 13.6. The number of nitrogens with zero attached hydrogens (tertiary/aromatic N) is 5. The minimum Gasteiger partial charge on any atom is -0.340 e. The lowest BCUT2D eigenvalue weighted by Gasteiger charge is -2.28. The average Bonchev–Trinajstić information content (AvgIpc) is 2.96. The van der Waals surface area contributed by atoms with Crippen molar-refractivity contribution >= 4 is 17.1 Å². The highest BCUT2D eigenvalue weighted by atomic mass is 16.2. The van der Waals surface area contributed by atoms with E-state index in [0.29, 0.717) is 24.3 Å². The van der Waals surface area contributed by atoms with Crippen LogP contribution in [0.4, 0.5) is 5.95 Å². The molecule has 3 N–H and O–H groups in total. The summed E-state index contributed by atoms with van der Waals surface area (Å²) < 4.78 is 4.47. The third-order valence-electron chi connectivity index (χ3n) is 4.31. The molecule has 23 heavy (non-hydrogen) atoms. The number of hydrogen-bond donors (Lipinski definition) is 2. The molecule has 0 aromatic carbocycles. The second-order valence-corrected chi connectivity index (χ2v) is 5.82. The van der Waals surface area contributed by atoms with Crippen molar-refractivity contribution in [2.24, 2.45) is 19.8 Å². The van der Waals surface area contributed by atoms with Gasteiger partial charge in [0, 0.05) is 46.8 Å². The van der Waals surface area contributed by atoms with Gasteiger partial charge in [0.15, 0.2) is 11.2 Å². The molecule has 3 heterocycles. The monoisotopic (exact) mass is 321 g/mol. The molecule has 9 heteroatoms. The van der Waals surface area contributed by atoms with Crippen LogP contribution in [0, 0.1) is 0 Å². The highest BCUT2D eigenvalue weighted by Crippen LogP contribution is 2.20. The molecule has 126 valence electrons. The number of anilines is 1. The lowest BCUT2D eigenvalue weighted by molar-refractivity contribution is 0.561. The smallest absolute Gasteiger partial charge is 0.332 e. The minimum absolute atomic E-state index is 0.311. The fourth-order valence-corrected chi connectivity index (χ4v) is 3.00. The molecule has 3 rings (SSSR count). The third-order valence-corrected chi connectivity index (χ3v) is 4.31. The molecule has 9 nitrogen and oxygen atoms in total. The number of hydrogen-bond acceptors (Lipinski definition) is 6. The summed E-state index contributed by atoms with van der Waals surface area (Å²) in [5.41, 5.74) is 5.87. The molecule has 2 aromatic rings. The van der Waals surface area contributed by atoms with E-state index in [9.17, 15) is 9.59 Å². The maximum Gasteiger partial charge on any atom is 0.332 e. The first-order valence-corrected chi connectivity index (χ1v) is 7.88. The standard InChI is InChI=1S/C14H23N7O2/c1-18-11-10(12(22)19(2)14(18)23)21(7-3-4-15)13(17-11)20-8-5-16-6-9-20/h16H,3-9,15H2,1-2H3. The van der Waals surface area contributed by atoms with E-state index in [1.54, 1.807) is 7.05 Å². The Bertz CT molecular complexity index is 826. The van der Waals surface area contributed by atoms with E-state index in [1.807, 2.05) is 4.57 Å². The summed E-state index contributed by atoms with van der Waals surface area (Å²) in [6.45, 7) is 4.53. The zero-order valence-electron chi connectivity index (χ0n) is 13.6. The molecule has 0 saturated carbocycles. The summed E-state index contributed by atoms with van der Waals surface area (Å²) in [5, 5.41) is 3.30. The number of aryl methyl sites for hydroxylation is 2. The number of aromatic nitrogens is 4. The molecule has 1 saturated heterocycles. The van der Waals surface area contributed by atoms with Gasteiger partial charge in [0.25, 0.3) is 5.56 Å². The van der Waals surface area contributed by atoms with Crippen molar-refractivity contribution in [3.8, 4) is 0 Å². The van der Waals surface area contributed by atoms with E-state index in [4.69, 9.17) is 5.73 Å². The van der Waals surface area contributed by atoms with Crippen molar-refractivity contribution in [1.82, 2.24) is 24.0 Å². The third kappa shape index (κ3) is 2.55. The normalized spacial score (nSPS) is 15.5. The minimum atomic E-state index is -0.363. The molecule has 0 radical (unpaired) electrons. The summed E-state index contributed by atoms with van der Waals surface area (Å²) in [6.07, 6.45) is 0.747. The quantitative estimate of drug-likeness (QED) is 0.688. The Kier molecular flexibility index (Phi) is 4.22. The molecule has 1 aliphatic heterocycles. The van der Waals surface area contributed by atoms with Crippen LogP contribution in [-0.2, 0) is 20.6 Å². The van der Waals surface area contributed by atoms with Crippen molar-refractivity contribution in [3.63, 3.8) is 0 Å². The van der Waals surface area contributed by atoms with Gasteiger partial charge in [-0.2, -0.15) is 4.98 Å². The van der Waals surface area contributed by atoms with Crippen LogP contribution in [0.3, 0.4) is 0 Å². The first kappa shape index (κ1) is 15.8. The summed E-state index contributed by atoms with van der Waals surface area (Å²) in [5.74, 6) is 0.744. The van der Waals surface area contributed by atoms with E-state index in [1.165, 1.54) is 11.6 Å². The van der Waals surface area contributed by atoms with Gasteiger partial charge in [0.05, 0.1) is 0 Å². The lowest BCUT2D eigenvalue weighted by atomic mass is 10.3. The van der Waals surface area contributed by atoms with Crippen LogP contribution in [0.2, 0.25) is 0 Å². The van der Waals surface area contributed by atoms with E-state index in [-0.39, 0.29) is 11.2 Å². The molecule has 0 aliphatic carbocycles. The van der Waals surface area contributed by atoms with E-state index in [2.05, 4.69) is 15.2 Å². The molecule has 0 bridgehead atoms. The number of rotatable bonds is 4. The van der Waals surface area contributed by atoms with Crippen molar-refractivity contribution in [1.29, 1.82) is 0 Å². The Morgan fingerprint density at radius 1 is 1.17 bits per heavy atom. The van der Waals surface area contributed by atoms with Crippen LogP contribution in [0.5, 0.6) is 0 Å². The topological polar surface area (TPSA) is 103 Å². The Balaban J connectivity index is 2.26. The van der Waals surface area contributed by atoms with Crippen molar-refractivity contribution in [2.75, 3.05) is 37.6 Å². The maximum atomic E-state index is 12.6. The van der Waals surface area contributed by atoms with Gasteiger partial charge in [0.2, 0.25) is 5.95 Å². The maximum absolute atomic E-state index is 12.6. The number of piperazine rings is 1. The second kappa shape index (κ2) is 6.17. The van der Waals surface area contributed by atoms with Crippen LogP contribution < -0.4 is 27.2 Å². The fraction of sp³-hybridized carbons (Fsp3) is 0.643. The van der Waals surface area contributed by atoms with Crippen LogP contribution in [-0.4, -0.2) is 51.4 Å². The van der Waals surface area contributed by atoms with Gasteiger partial charge >= 0.3 is 5.69 Å². The van der Waals surface area contributed by atoms with Crippen molar-refractivity contribution in [2.45, 2.75) is 13.0 Å². The van der Waals surface area contributed by atoms with Gasteiger partial charge in [-0.1, -0.05) is 0 Å². The van der Waals surface area contributed by atoms with Gasteiger partial charge in [-0.05, 0) is 13.0 Å². The predicted octanol–water partition coefficient (Wildman–Crippen LogP) is -1.81. The average molecular weight is 321 g/mol. The van der Waals surface area contributed by atoms with Gasteiger partial charge in [-0.25, -0.2) is 4.79 Å². The largest absolute Gasteiger partial charge is 0.340 e. The Hall–Kier alpha value is -2.13. The molecule has 0 spiro atoms. The van der Waals surface area contributed by atoms with Gasteiger partial charge in [0.1, 0.15) is 0 Å². The van der Waals surface area contributed by atoms with Crippen LogP contribution >= 0.6 is 0 Å². The first-order valence-electron chi connectivity index (χ1n) is 7.88. The fourth-order valence-electron chi connectivity index (χ4n) is 3.00. The van der Waals surface area contributed by atoms with Crippen molar-refractivity contribution in [3.05, 3.63) is 20.8 Å². The van der Waals surface area contributed by atoms with Gasteiger partial charge < -0.3 is 20.5 Å². The summed E-state index contributed by atoms with van der Waals surface area (Å²) in [7, 11) is 3.14. The zero-order chi connectivity index (χ0) is 16.6. The number of nitrogens with two attached hydrogens (primary N) is 1. The molecular formula is C14H23N7O2. The summed E-state index contributed by atoms with van der Waals surface area (Å²) in [6, 6.07) is 0. The predicted molar refractivity (Wildman–Crippen MR) is 89.0 cm³/mol. The van der Waals surface area contributed by atoms with E-state index < -0.39 is 0 Å². The number of fused-ring (bicyclic) bond motifs is 1. The SMILES string of the molecule is Cn1c(=O)c2c(nc(N3CCNCC3)n2CCCN)n(C)c1=O. The van der Waals surface area contributed by atoms with E-state index in [0.717, 1.165) is 43.1 Å². The molecule has 1 fully saturated rings. The van der Waals surface area contributed by atoms with Crippen LogP contribution in [0.15, 0.2) is 9.59 Å². The lowest BCUT2D eigenvalue weighted by Crippen LogP contribution is -2.44. The summed E-state index contributed by atoms with van der Waals surface area (Å²) >= 11 is 0. The van der Waals surface area contributed by atoms with Crippen LogP contribution in [0.25, 0.3) is 11.2 Å². The van der Waals surface area contributed by atoms with Gasteiger partial charge in [-0.15, -0.1) is 0 Å². The molecule has 0 atom stereocenters. The number of nitrogens with one attached hydrogen (secondary N) is 1. The first-order chi connectivity index (χ1) is 11.1. The highest BCUT2D eigenvalue weighted by molar-refractivity contribution is 5.74. The second-order valence-electron chi connectivity index (χ2n) is 5.82. The highest BCUT2D eigenvalue weighted by Gasteiger charge is 2.23. The molecular weight excluding hydrogens is 298 g/mol. The number of imidazole rings is 1. The Labute approximate surface area is 133 Å². The van der Waals surface area contributed by atoms with Gasteiger partial charge in [-0.3, -0.25) is 13.9 Å².